The van der Waals surface area contributed by atoms with Crippen LogP contribution in [-0.2, 0) is 11.3 Å². The van der Waals surface area contributed by atoms with Crippen LogP contribution in [0.25, 0.3) is 0 Å². The molecule has 0 heterocycles. The van der Waals surface area contributed by atoms with Crippen LogP contribution in [-0.4, -0.2) is 23.9 Å². The van der Waals surface area contributed by atoms with Gasteiger partial charge in [-0.15, -0.1) is 0 Å². The molecule has 0 fully saturated rings. The molecule has 0 unspecified atom stereocenters. The second-order valence-electron chi connectivity index (χ2n) is 5.61. The van der Waals surface area contributed by atoms with E-state index in [1.807, 2.05) is 24.0 Å². The van der Waals surface area contributed by atoms with E-state index in [1.54, 1.807) is 12.1 Å². The average molecular weight is 371 g/mol. The number of amides is 1. The van der Waals surface area contributed by atoms with Crippen LogP contribution in [0.2, 0.25) is 5.02 Å². The zero-order valence-electron chi connectivity index (χ0n) is 13.7. The number of anilines is 1. The number of rotatable bonds is 7. The van der Waals surface area contributed by atoms with Crippen molar-refractivity contribution >= 4 is 23.2 Å². The Bertz CT molecular complexity index is 755. The van der Waals surface area contributed by atoms with E-state index in [0.717, 1.165) is 24.1 Å². The third-order valence-corrected chi connectivity index (χ3v) is 3.75. The van der Waals surface area contributed by atoms with Crippen LogP contribution >= 0.6 is 11.6 Å². The second-order valence-corrected chi connectivity index (χ2v) is 6.05. The molecule has 0 spiro atoms. The highest BCUT2D eigenvalue weighted by Crippen LogP contribution is 2.19. The minimum absolute atomic E-state index is 0.0151. The van der Waals surface area contributed by atoms with E-state index in [1.165, 1.54) is 0 Å². The van der Waals surface area contributed by atoms with Crippen molar-refractivity contribution in [2.75, 3.05) is 18.4 Å². The molecule has 0 atom stereocenters. The third kappa shape index (κ3) is 5.47. The first kappa shape index (κ1) is 19.3. The Hall–Kier alpha value is -2.05. The largest absolute Gasteiger partial charge is 0.322 e. The molecular formula is C18H18ClF3N2O. The predicted molar refractivity (Wildman–Crippen MR) is 92.0 cm³/mol. The molecule has 1 amide bonds. The summed E-state index contributed by atoms with van der Waals surface area (Å²) in [6, 6.07) is 9.03. The van der Waals surface area contributed by atoms with E-state index in [4.69, 9.17) is 11.6 Å². The van der Waals surface area contributed by atoms with Gasteiger partial charge in [-0.05, 0) is 42.8 Å². The lowest BCUT2D eigenvalue weighted by Crippen LogP contribution is -2.33. The minimum Gasteiger partial charge on any atom is -0.322 e. The summed E-state index contributed by atoms with van der Waals surface area (Å²) >= 11 is 5.96. The minimum atomic E-state index is -1.61. The van der Waals surface area contributed by atoms with Gasteiger partial charge < -0.3 is 5.32 Å². The van der Waals surface area contributed by atoms with Crippen LogP contribution in [0.4, 0.5) is 18.9 Å². The van der Waals surface area contributed by atoms with Crippen LogP contribution in [0, 0.1) is 17.5 Å². The van der Waals surface area contributed by atoms with Crippen molar-refractivity contribution in [3.63, 3.8) is 0 Å². The summed E-state index contributed by atoms with van der Waals surface area (Å²) in [5, 5.41) is 2.88. The predicted octanol–water partition coefficient (Wildman–Crippen LogP) is 4.61. The van der Waals surface area contributed by atoms with Gasteiger partial charge in [0.25, 0.3) is 0 Å². The molecule has 2 rings (SSSR count). The van der Waals surface area contributed by atoms with Gasteiger partial charge >= 0.3 is 0 Å². The van der Waals surface area contributed by atoms with Gasteiger partial charge in [0.1, 0.15) is 0 Å². The van der Waals surface area contributed by atoms with Gasteiger partial charge in [0.15, 0.2) is 17.5 Å². The first-order valence-electron chi connectivity index (χ1n) is 7.81. The first-order chi connectivity index (χ1) is 11.9. The molecule has 0 aliphatic rings. The van der Waals surface area contributed by atoms with E-state index in [0.29, 0.717) is 18.1 Å². The highest BCUT2D eigenvalue weighted by Gasteiger charge is 2.17. The third-order valence-electron chi connectivity index (χ3n) is 3.51. The number of carbonyl (C=O) groups is 1. The lowest BCUT2D eigenvalue weighted by atomic mass is 10.2. The standard InChI is InChI=1S/C18H18ClF3N2O/c1-2-8-24(10-12-4-3-5-13(19)9-12)11-16(25)23-15-7-6-14(20)17(21)18(15)22/h3-7,9H,2,8,10-11H2,1H3,(H,23,25). The highest BCUT2D eigenvalue weighted by atomic mass is 35.5. The van der Waals surface area contributed by atoms with Gasteiger partial charge in [-0.25, -0.2) is 13.2 Å². The Morgan fingerprint density at radius 1 is 1.16 bits per heavy atom. The molecule has 3 nitrogen and oxygen atoms in total. The van der Waals surface area contributed by atoms with Crippen LogP contribution < -0.4 is 5.32 Å². The van der Waals surface area contributed by atoms with Crippen molar-refractivity contribution < 1.29 is 18.0 Å². The highest BCUT2D eigenvalue weighted by molar-refractivity contribution is 6.30. The van der Waals surface area contributed by atoms with Gasteiger partial charge in [-0.2, -0.15) is 0 Å². The molecule has 0 radical (unpaired) electrons. The summed E-state index contributed by atoms with van der Waals surface area (Å²) in [7, 11) is 0. The molecule has 7 heteroatoms. The van der Waals surface area contributed by atoms with Crippen molar-refractivity contribution in [2.24, 2.45) is 0 Å². The number of carbonyl (C=O) groups excluding carboxylic acids is 1. The normalized spacial score (nSPS) is 11.0. The molecule has 0 saturated carbocycles. The van der Waals surface area contributed by atoms with Crippen LogP contribution in [0.1, 0.15) is 18.9 Å². The fourth-order valence-corrected chi connectivity index (χ4v) is 2.65. The number of nitrogens with one attached hydrogen (secondary N) is 1. The SMILES string of the molecule is CCCN(CC(=O)Nc1ccc(F)c(F)c1F)Cc1cccc(Cl)c1. The molecule has 0 bridgehead atoms. The summed E-state index contributed by atoms with van der Waals surface area (Å²) in [5.74, 6) is -4.84. The van der Waals surface area contributed by atoms with Crippen molar-refractivity contribution in [3.8, 4) is 0 Å². The number of hydrogen-bond acceptors (Lipinski definition) is 2. The Balaban J connectivity index is 2.04. The van der Waals surface area contributed by atoms with Gasteiger partial charge in [-0.3, -0.25) is 9.69 Å². The van der Waals surface area contributed by atoms with Gasteiger partial charge in [-0.1, -0.05) is 30.7 Å². The average Bonchev–Trinajstić information content (AvgIpc) is 2.56. The van der Waals surface area contributed by atoms with Crippen LogP contribution in [0.3, 0.4) is 0 Å². The number of benzene rings is 2. The molecular weight excluding hydrogens is 353 g/mol. The summed E-state index contributed by atoms with van der Waals surface area (Å²) < 4.78 is 39.8. The van der Waals surface area contributed by atoms with E-state index in [9.17, 15) is 18.0 Å². The number of hydrogen-bond donors (Lipinski definition) is 1. The van der Waals surface area contributed by atoms with E-state index in [-0.39, 0.29) is 12.2 Å². The van der Waals surface area contributed by atoms with E-state index in [2.05, 4.69) is 5.32 Å². The zero-order chi connectivity index (χ0) is 18.4. The van der Waals surface area contributed by atoms with Crippen LogP contribution in [0.15, 0.2) is 36.4 Å². The van der Waals surface area contributed by atoms with Crippen molar-refractivity contribution in [2.45, 2.75) is 19.9 Å². The second kappa shape index (κ2) is 8.87. The molecule has 0 saturated heterocycles. The van der Waals surface area contributed by atoms with Gasteiger partial charge in [0, 0.05) is 11.6 Å². The van der Waals surface area contributed by atoms with Crippen molar-refractivity contribution in [3.05, 3.63) is 64.4 Å². The smallest absolute Gasteiger partial charge is 0.238 e. The molecule has 2 aromatic carbocycles. The molecule has 134 valence electrons. The Kier molecular flexibility index (Phi) is 6.84. The molecule has 25 heavy (non-hydrogen) atoms. The maximum atomic E-state index is 13.6. The molecule has 0 aliphatic heterocycles. The maximum absolute atomic E-state index is 13.6. The topological polar surface area (TPSA) is 32.3 Å². The summed E-state index contributed by atoms with van der Waals surface area (Å²) in [4.78, 5) is 14.0. The Labute approximate surface area is 149 Å². The maximum Gasteiger partial charge on any atom is 0.238 e. The lowest BCUT2D eigenvalue weighted by molar-refractivity contribution is -0.117. The molecule has 0 aromatic heterocycles. The van der Waals surface area contributed by atoms with Crippen molar-refractivity contribution in [1.82, 2.24) is 4.90 Å². The fourth-order valence-electron chi connectivity index (χ4n) is 2.44. The Morgan fingerprint density at radius 3 is 2.60 bits per heavy atom. The monoisotopic (exact) mass is 370 g/mol. The van der Waals surface area contributed by atoms with E-state index < -0.39 is 23.4 Å². The quantitative estimate of drug-likeness (QED) is 0.722. The first-order valence-corrected chi connectivity index (χ1v) is 8.18. The number of nitrogens with zero attached hydrogens (tertiary/aromatic N) is 1. The Morgan fingerprint density at radius 2 is 1.92 bits per heavy atom. The molecule has 1 N–H and O–H groups in total. The fraction of sp³-hybridized carbons (Fsp3) is 0.278. The summed E-state index contributed by atoms with van der Waals surface area (Å²) in [5.41, 5.74) is 0.552. The summed E-state index contributed by atoms with van der Waals surface area (Å²) in [6.07, 6.45) is 0.813. The van der Waals surface area contributed by atoms with Crippen molar-refractivity contribution in [1.29, 1.82) is 0 Å². The molecule has 0 aliphatic carbocycles. The molecule has 2 aromatic rings. The van der Waals surface area contributed by atoms with Gasteiger partial charge in [0.05, 0.1) is 12.2 Å². The van der Waals surface area contributed by atoms with Crippen LogP contribution in [0.5, 0.6) is 0 Å². The zero-order valence-corrected chi connectivity index (χ0v) is 14.4. The van der Waals surface area contributed by atoms with Gasteiger partial charge in [0.2, 0.25) is 5.91 Å². The number of halogens is 4. The van der Waals surface area contributed by atoms with E-state index >= 15 is 0 Å². The lowest BCUT2D eigenvalue weighted by Gasteiger charge is -2.21. The summed E-state index contributed by atoms with van der Waals surface area (Å²) in [6.45, 7) is 3.08.